The summed E-state index contributed by atoms with van der Waals surface area (Å²) in [5, 5.41) is 2.70. The number of aryl methyl sites for hydroxylation is 2. The van der Waals surface area contributed by atoms with Gasteiger partial charge in [-0.1, -0.05) is 18.2 Å². The molecule has 9 heteroatoms. The number of carbonyl (C=O) groups excluding carboxylic acids is 1. The Kier molecular flexibility index (Phi) is 6.52. The number of amides is 1. The first kappa shape index (κ1) is 21.9. The molecule has 3 rings (SSSR count). The molecule has 1 heterocycles. The van der Waals surface area contributed by atoms with E-state index in [-0.39, 0.29) is 13.1 Å². The largest absolute Gasteiger partial charge is 0.305 e. The fraction of sp³-hybridized carbons (Fsp3) is 0.238. The molecule has 6 nitrogen and oxygen atoms in total. The zero-order chi connectivity index (χ0) is 21.9. The van der Waals surface area contributed by atoms with Crippen LogP contribution >= 0.6 is 11.3 Å². The Labute approximate surface area is 179 Å². The van der Waals surface area contributed by atoms with Crippen molar-refractivity contribution in [3.8, 4) is 0 Å². The number of aromatic nitrogens is 1. The van der Waals surface area contributed by atoms with E-state index in [1.165, 1.54) is 40.5 Å². The summed E-state index contributed by atoms with van der Waals surface area (Å²) in [6, 6.07) is 12.5. The van der Waals surface area contributed by atoms with Gasteiger partial charge in [-0.15, -0.1) is 11.3 Å². The summed E-state index contributed by atoms with van der Waals surface area (Å²) in [6.07, 6.45) is 1.07. The van der Waals surface area contributed by atoms with Crippen LogP contribution in [0.15, 0.2) is 53.9 Å². The number of halogens is 1. The van der Waals surface area contributed by atoms with Crippen molar-refractivity contribution in [2.24, 2.45) is 0 Å². The van der Waals surface area contributed by atoms with Crippen LogP contribution < -0.4 is 9.21 Å². The smallest absolute Gasteiger partial charge is 0.248 e. The molecule has 1 amide bonds. The van der Waals surface area contributed by atoms with Crippen LogP contribution in [0.25, 0.3) is 0 Å². The molecule has 2 aromatic carbocycles. The van der Waals surface area contributed by atoms with E-state index in [1.54, 1.807) is 31.2 Å². The Morgan fingerprint density at radius 2 is 1.77 bits per heavy atom. The van der Waals surface area contributed by atoms with E-state index in [1.807, 2.05) is 12.3 Å². The predicted octanol–water partition coefficient (Wildman–Crippen LogP) is 3.90. The van der Waals surface area contributed by atoms with Gasteiger partial charge in [-0.05, 0) is 49.7 Å². The van der Waals surface area contributed by atoms with Crippen LogP contribution in [0.1, 0.15) is 16.3 Å². The van der Waals surface area contributed by atoms with Crippen LogP contribution in [-0.4, -0.2) is 32.1 Å². The third kappa shape index (κ3) is 5.22. The Bertz CT molecular complexity index is 1140. The average Bonchev–Trinajstić information content (AvgIpc) is 3.10. The van der Waals surface area contributed by atoms with Crippen LogP contribution in [0.5, 0.6) is 0 Å². The summed E-state index contributed by atoms with van der Waals surface area (Å²) >= 11 is 1.46. The van der Waals surface area contributed by atoms with Gasteiger partial charge in [0.15, 0.2) is 0 Å². The van der Waals surface area contributed by atoms with Gasteiger partial charge in [0.2, 0.25) is 15.9 Å². The maximum Gasteiger partial charge on any atom is 0.248 e. The molecule has 0 N–H and O–H groups in total. The van der Waals surface area contributed by atoms with Crippen molar-refractivity contribution in [3.63, 3.8) is 0 Å². The molecular formula is C21H22FN3O3S2. The van der Waals surface area contributed by atoms with Gasteiger partial charge in [0.1, 0.15) is 12.4 Å². The lowest BCUT2D eigenvalue weighted by molar-refractivity contribution is -0.117. The molecule has 0 bridgehead atoms. The molecule has 30 heavy (non-hydrogen) atoms. The number of hydrogen-bond acceptors (Lipinski definition) is 5. The fourth-order valence-corrected chi connectivity index (χ4v) is 4.53. The SMILES string of the molecule is Cc1nc(CN(C(=O)CN(c2ccccc2C)S(C)(=O)=O)c2ccc(F)cc2)cs1. The first-order valence-corrected chi connectivity index (χ1v) is 11.9. The minimum Gasteiger partial charge on any atom is -0.305 e. The highest BCUT2D eigenvalue weighted by atomic mass is 32.2. The highest BCUT2D eigenvalue weighted by Crippen LogP contribution is 2.24. The summed E-state index contributed by atoms with van der Waals surface area (Å²) in [5.41, 5.74) is 2.32. The number of benzene rings is 2. The second-order valence-electron chi connectivity index (χ2n) is 6.87. The fourth-order valence-electron chi connectivity index (χ4n) is 3.02. The number of nitrogens with zero attached hydrogens (tertiary/aromatic N) is 3. The van der Waals surface area contributed by atoms with Gasteiger partial charge in [-0.3, -0.25) is 9.10 Å². The second kappa shape index (κ2) is 8.93. The molecule has 0 atom stereocenters. The van der Waals surface area contributed by atoms with E-state index in [2.05, 4.69) is 4.98 Å². The normalized spacial score (nSPS) is 11.3. The van der Waals surface area contributed by atoms with E-state index < -0.39 is 21.7 Å². The lowest BCUT2D eigenvalue weighted by Gasteiger charge is -2.28. The standard InChI is InChI=1S/C21H22FN3O3S2/c1-15-6-4-5-7-20(15)25(30(3,27)28)13-21(26)24(12-18-14-29-16(2)23-18)19-10-8-17(22)9-11-19/h4-11,14H,12-13H2,1-3H3. The number of rotatable bonds is 7. The minimum absolute atomic E-state index is 0.153. The van der Waals surface area contributed by atoms with E-state index in [4.69, 9.17) is 0 Å². The molecule has 0 aliphatic heterocycles. The van der Waals surface area contributed by atoms with Crippen LogP contribution in [0, 0.1) is 19.7 Å². The molecule has 0 saturated heterocycles. The molecule has 0 aliphatic rings. The van der Waals surface area contributed by atoms with Crippen LogP contribution in [-0.2, 0) is 21.4 Å². The van der Waals surface area contributed by atoms with Crippen LogP contribution in [0.4, 0.5) is 15.8 Å². The van der Waals surface area contributed by atoms with Crippen molar-refractivity contribution in [1.82, 2.24) is 4.98 Å². The molecule has 0 spiro atoms. The number of thiazole rings is 1. The minimum atomic E-state index is -3.71. The molecule has 0 radical (unpaired) electrons. The van der Waals surface area contributed by atoms with Crippen LogP contribution in [0.2, 0.25) is 0 Å². The molecule has 0 fully saturated rings. The molecular weight excluding hydrogens is 425 g/mol. The molecule has 158 valence electrons. The zero-order valence-electron chi connectivity index (χ0n) is 16.9. The second-order valence-corrected chi connectivity index (χ2v) is 9.84. The summed E-state index contributed by atoms with van der Waals surface area (Å²) in [4.78, 5) is 19.1. The topological polar surface area (TPSA) is 70.6 Å². The molecule has 0 aliphatic carbocycles. The average molecular weight is 448 g/mol. The van der Waals surface area contributed by atoms with Gasteiger partial charge >= 0.3 is 0 Å². The Balaban J connectivity index is 1.96. The number of para-hydroxylation sites is 1. The van der Waals surface area contributed by atoms with Gasteiger partial charge in [-0.2, -0.15) is 0 Å². The highest BCUT2D eigenvalue weighted by Gasteiger charge is 2.26. The number of carbonyl (C=O) groups is 1. The summed E-state index contributed by atoms with van der Waals surface area (Å²) < 4.78 is 39.5. The zero-order valence-corrected chi connectivity index (χ0v) is 18.5. The molecule has 0 saturated carbocycles. The Morgan fingerprint density at radius 3 is 2.33 bits per heavy atom. The van der Waals surface area contributed by atoms with Gasteiger partial charge in [0.05, 0.1) is 29.2 Å². The third-order valence-electron chi connectivity index (χ3n) is 4.49. The number of anilines is 2. The van der Waals surface area contributed by atoms with Gasteiger partial charge in [-0.25, -0.2) is 17.8 Å². The van der Waals surface area contributed by atoms with Crippen molar-refractivity contribution in [3.05, 3.63) is 76.0 Å². The predicted molar refractivity (Wildman–Crippen MR) is 118 cm³/mol. The quantitative estimate of drug-likeness (QED) is 0.551. The van der Waals surface area contributed by atoms with Crippen LogP contribution in [0.3, 0.4) is 0 Å². The third-order valence-corrected chi connectivity index (χ3v) is 6.44. The van der Waals surface area contributed by atoms with Gasteiger partial charge in [0, 0.05) is 11.1 Å². The molecule has 1 aromatic heterocycles. The molecule has 0 unspecified atom stereocenters. The van der Waals surface area contributed by atoms with E-state index in [0.717, 1.165) is 21.1 Å². The first-order valence-electron chi connectivity index (χ1n) is 9.15. The Morgan fingerprint density at radius 1 is 1.10 bits per heavy atom. The number of hydrogen-bond donors (Lipinski definition) is 0. The number of sulfonamides is 1. The lowest BCUT2D eigenvalue weighted by atomic mass is 10.2. The van der Waals surface area contributed by atoms with E-state index in [0.29, 0.717) is 17.1 Å². The lowest BCUT2D eigenvalue weighted by Crippen LogP contribution is -2.43. The van der Waals surface area contributed by atoms with Crippen molar-refractivity contribution in [2.75, 3.05) is 22.0 Å². The van der Waals surface area contributed by atoms with Crippen molar-refractivity contribution in [1.29, 1.82) is 0 Å². The summed E-state index contributed by atoms with van der Waals surface area (Å²) in [6.45, 7) is 3.42. The first-order chi connectivity index (χ1) is 14.1. The summed E-state index contributed by atoms with van der Waals surface area (Å²) in [5.74, 6) is -0.866. The van der Waals surface area contributed by atoms with Crippen molar-refractivity contribution >= 4 is 38.6 Å². The maximum atomic E-state index is 13.4. The summed E-state index contributed by atoms with van der Waals surface area (Å²) in [7, 11) is -3.71. The van der Waals surface area contributed by atoms with E-state index >= 15 is 0 Å². The van der Waals surface area contributed by atoms with Crippen molar-refractivity contribution in [2.45, 2.75) is 20.4 Å². The monoisotopic (exact) mass is 447 g/mol. The van der Waals surface area contributed by atoms with Gasteiger partial charge in [0.25, 0.3) is 0 Å². The highest BCUT2D eigenvalue weighted by molar-refractivity contribution is 7.92. The Hall–Kier alpha value is -2.78. The van der Waals surface area contributed by atoms with Crippen molar-refractivity contribution < 1.29 is 17.6 Å². The van der Waals surface area contributed by atoms with Gasteiger partial charge < -0.3 is 4.90 Å². The maximum absolute atomic E-state index is 13.4. The van der Waals surface area contributed by atoms with E-state index in [9.17, 15) is 17.6 Å². The molecule has 3 aromatic rings.